The summed E-state index contributed by atoms with van der Waals surface area (Å²) >= 11 is 0. The summed E-state index contributed by atoms with van der Waals surface area (Å²) in [4.78, 5) is 34.7. The molecule has 0 aliphatic carbocycles. The zero-order valence-electron chi connectivity index (χ0n) is 21.2. The molecule has 3 heterocycles. The van der Waals surface area contributed by atoms with Gasteiger partial charge in [0, 0.05) is 11.4 Å². The van der Waals surface area contributed by atoms with Gasteiger partial charge in [0.2, 0.25) is 6.23 Å². The van der Waals surface area contributed by atoms with Crippen molar-refractivity contribution >= 4 is 32.8 Å². The molecule has 0 saturated carbocycles. The highest BCUT2D eigenvalue weighted by atomic mass is 31.3. The van der Waals surface area contributed by atoms with Gasteiger partial charge in [-0.05, 0) is 17.2 Å². The maximum atomic E-state index is 15.0. The summed E-state index contributed by atoms with van der Waals surface area (Å²) in [5, 5.41) is 34.0. The Morgan fingerprint density at radius 3 is 2.48 bits per heavy atom. The van der Waals surface area contributed by atoms with Crippen LogP contribution in [0, 0.1) is 5.82 Å². The summed E-state index contributed by atoms with van der Waals surface area (Å²) < 4.78 is 54.1. The zero-order valence-corrected chi connectivity index (χ0v) is 23.0. The average Bonchev–Trinajstić information content (AvgIpc) is 3.38. The SMILES string of the molecule is Nc1nc([O-])c2c(n1)[n+]([C@@H]1O[C@H](COP(=O)(O)OP(=O)(O)O)[C@@H](O)[C@H]1O)cn2Cc1ccc(-c2ccccc2)c(F)c1. The topological polar surface area (TPSA) is 247 Å². The molecule has 5 atom stereocenters. The van der Waals surface area contributed by atoms with Crippen molar-refractivity contribution in [2.24, 2.45) is 0 Å². The molecule has 224 valence electrons. The van der Waals surface area contributed by atoms with Gasteiger partial charge in [0.25, 0.3) is 5.95 Å². The van der Waals surface area contributed by atoms with Crippen molar-refractivity contribution in [1.29, 1.82) is 0 Å². The van der Waals surface area contributed by atoms with Gasteiger partial charge in [-0.3, -0.25) is 9.09 Å². The molecule has 4 aromatic rings. The smallest absolute Gasteiger partial charge is 0.481 e. The molecule has 7 N–H and O–H groups in total. The zero-order chi connectivity index (χ0) is 30.4. The highest BCUT2D eigenvalue weighted by Crippen LogP contribution is 2.57. The van der Waals surface area contributed by atoms with Gasteiger partial charge < -0.3 is 40.5 Å². The van der Waals surface area contributed by atoms with Gasteiger partial charge in [0.15, 0.2) is 11.8 Å². The fraction of sp³-hybridized carbons (Fsp3) is 0.261. The number of benzene rings is 2. The number of nitrogen functional groups attached to an aromatic ring is 1. The number of hydrogen-bond donors (Lipinski definition) is 6. The predicted octanol–water partition coefficient (Wildman–Crippen LogP) is 0.0745. The lowest BCUT2D eigenvalue weighted by molar-refractivity contribution is -0.745. The molecule has 0 radical (unpaired) electrons. The van der Waals surface area contributed by atoms with Crippen LogP contribution in [-0.4, -0.2) is 64.3 Å². The third kappa shape index (κ3) is 6.35. The maximum Gasteiger partial charge on any atom is 0.481 e. The maximum absolute atomic E-state index is 15.0. The number of nitrogens with zero attached hydrogens (tertiary/aromatic N) is 4. The molecule has 2 aromatic carbocycles. The Hall–Kier alpha value is -3.34. The lowest BCUT2D eigenvalue weighted by atomic mass is 10.0. The molecule has 5 rings (SSSR count). The number of anilines is 1. The van der Waals surface area contributed by atoms with Crippen LogP contribution in [-0.2, 0) is 29.2 Å². The van der Waals surface area contributed by atoms with Crippen molar-refractivity contribution in [2.45, 2.75) is 31.1 Å². The van der Waals surface area contributed by atoms with Crippen LogP contribution in [0.4, 0.5) is 10.3 Å². The van der Waals surface area contributed by atoms with E-state index in [-0.39, 0.29) is 17.7 Å². The first kappa shape index (κ1) is 30.1. The van der Waals surface area contributed by atoms with E-state index < -0.39 is 64.4 Å². The molecule has 2 aromatic heterocycles. The van der Waals surface area contributed by atoms with Crippen molar-refractivity contribution in [1.82, 2.24) is 14.5 Å². The number of phosphoric ester groups is 1. The molecule has 42 heavy (non-hydrogen) atoms. The second kappa shape index (κ2) is 11.4. The van der Waals surface area contributed by atoms with Gasteiger partial charge in [-0.15, -0.1) is 0 Å². The van der Waals surface area contributed by atoms with E-state index in [1.807, 2.05) is 6.07 Å². The number of hydrogen-bond acceptors (Lipinski definition) is 11. The second-order valence-corrected chi connectivity index (χ2v) is 12.1. The van der Waals surface area contributed by atoms with E-state index in [9.17, 15) is 29.3 Å². The lowest BCUT2D eigenvalue weighted by Crippen LogP contribution is -2.46. The van der Waals surface area contributed by atoms with Crippen molar-refractivity contribution in [3.63, 3.8) is 0 Å². The number of nitrogens with two attached hydrogens (primary N) is 1. The van der Waals surface area contributed by atoms with E-state index in [1.54, 1.807) is 36.4 Å². The Labute approximate surface area is 235 Å². The van der Waals surface area contributed by atoms with Crippen LogP contribution in [0.15, 0.2) is 54.9 Å². The normalized spacial score (nSPS) is 22.4. The Balaban J connectivity index is 1.44. The Bertz CT molecular complexity index is 1720. The number of aromatic nitrogens is 4. The molecular formula is C23H24FN5O11P2. The van der Waals surface area contributed by atoms with Crippen molar-refractivity contribution in [3.8, 4) is 17.0 Å². The first-order valence-electron chi connectivity index (χ1n) is 12.1. The van der Waals surface area contributed by atoms with Crippen molar-refractivity contribution < 1.29 is 61.7 Å². The van der Waals surface area contributed by atoms with Crippen LogP contribution < -0.4 is 15.4 Å². The standard InChI is InChI=1S/C23H24FN5O11P2/c24-15-8-12(6-7-14(15)13-4-2-1-3-5-13)9-28-11-29(20-17(28)21(32)27-23(25)26-20)22-19(31)18(30)16(39-22)10-38-42(36,37)40-41(33,34)35/h1-8,11,16,18-19,22,30-31H,9-10H2,(H5-,25,26,27,32,33,34,35,36,37)/t16-,18-,19-,22-/m1/s1. The average molecular weight is 627 g/mol. The number of imidazole rings is 1. The summed E-state index contributed by atoms with van der Waals surface area (Å²) in [6.45, 7) is -0.984. The minimum atomic E-state index is -5.40. The van der Waals surface area contributed by atoms with E-state index in [4.69, 9.17) is 20.3 Å². The summed E-state index contributed by atoms with van der Waals surface area (Å²) in [7, 11) is -10.7. The van der Waals surface area contributed by atoms with Crippen LogP contribution in [0.25, 0.3) is 22.3 Å². The molecule has 0 bridgehead atoms. The number of fused-ring (bicyclic) bond motifs is 1. The van der Waals surface area contributed by atoms with E-state index in [2.05, 4.69) is 18.8 Å². The third-order valence-corrected chi connectivity index (χ3v) is 8.49. The molecule has 1 fully saturated rings. The highest BCUT2D eigenvalue weighted by molar-refractivity contribution is 7.60. The van der Waals surface area contributed by atoms with Gasteiger partial charge in [0.1, 0.15) is 24.1 Å². The highest BCUT2D eigenvalue weighted by Gasteiger charge is 2.48. The molecule has 1 aliphatic heterocycles. The van der Waals surface area contributed by atoms with Crippen LogP contribution in [0.3, 0.4) is 0 Å². The molecule has 1 aliphatic rings. The van der Waals surface area contributed by atoms with Crippen LogP contribution in [0.5, 0.6) is 5.88 Å². The second-order valence-electron chi connectivity index (χ2n) is 9.27. The van der Waals surface area contributed by atoms with Crippen LogP contribution in [0.2, 0.25) is 0 Å². The van der Waals surface area contributed by atoms with Gasteiger partial charge in [-0.25, -0.2) is 23.1 Å². The van der Waals surface area contributed by atoms with Gasteiger partial charge in [-0.2, -0.15) is 4.31 Å². The van der Waals surface area contributed by atoms with E-state index in [0.717, 1.165) is 0 Å². The number of phosphoric acid groups is 2. The Kier molecular flexibility index (Phi) is 8.17. The van der Waals surface area contributed by atoms with E-state index in [0.29, 0.717) is 16.7 Å². The number of aliphatic hydroxyl groups excluding tert-OH is 2. The van der Waals surface area contributed by atoms with E-state index in [1.165, 1.54) is 21.5 Å². The molecule has 0 spiro atoms. The minimum Gasteiger partial charge on any atom is -0.856 e. The summed E-state index contributed by atoms with van der Waals surface area (Å²) in [5.41, 5.74) is 6.98. The number of aliphatic hydroxyl groups is 2. The monoisotopic (exact) mass is 627 g/mol. The summed E-state index contributed by atoms with van der Waals surface area (Å²) in [5.74, 6) is -1.70. The minimum absolute atomic E-state index is 0.0523. The predicted molar refractivity (Wildman–Crippen MR) is 137 cm³/mol. The number of rotatable bonds is 9. The van der Waals surface area contributed by atoms with Gasteiger partial charge >= 0.3 is 21.3 Å². The lowest BCUT2D eigenvalue weighted by Gasteiger charge is -2.17. The van der Waals surface area contributed by atoms with Crippen molar-refractivity contribution in [2.75, 3.05) is 12.3 Å². The Morgan fingerprint density at radius 2 is 1.81 bits per heavy atom. The molecule has 1 unspecified atom stereocenters. The van der Waals surface area contributed by atoms with Crippen LogP contribution in [0.1, 0.15) is 11.8 Å². The molecule has 19 heteroatoms. The van der Waals surface area contributed by atoms with Crippen LogP contribution >= 0.6 is 15.6 Å². The number of halogens is 1. The fourth-order valence-electron chi connectivity index (χ4n) is 4.57. The largest absolute Gasteiger partial charge is 0.856 e. The van der Waals surface area contributed by atoms with Gasteiger partial charge in [0.05, 0.1) is 13.2 Å². The first-order chi connectivity index (χ1) is 19.7. The summed E-state index contributed by atoms with van der Waals surface area (Å²) in [6, 6.07) is 13.4. The third-order valence-electron chi connectivity index (χ3n) is 6.34. The molecule has 0 amide bonds. The van der Waals surface area contributed by atoms with E-state index >= 15 is 4.39 Å². The quantitative estimate of drug-likeness (QED) is 0.106. The van der Waals surface area contributed by atoms with Crippen molar-refractivity contribution in [3.05, 3.63) is 66.2 Å². The number of ether oxygens (including phenoxy) is 1. The van der Waals surface area contributed by atoms with Gasteiger partial charge in [-0.1, -0.05) is 47.4 Å². The molecule has 1 saturated heterocycles. The summed E-state index contributed by atoms with van der Waals surface area (Å²) in [6.07, 6.45) is -5.09. The first-order valence-corrected chi connectivity index (χ1v) is 15.1. The fourth-order valence-corrected chi connectivity index (χ4v) is 6.17. The Morgan fingerprint density at radius 1 is 1.10 bits per heavy atom. The molecular weight excluding hydrogens is 603 g/mol. The molecule has 16 nitrogen and oxygen atoms in total.